The van der Waals surface area contributed by atoms with Crippen molar-refractivity contribution in [3.63, 3.8) is 0 Å². The molecule has 1 aromatic carbocycles. The van der Waals surface area contributed by atoms with Crippen molar-refractivity contribution < 1.29 is 13.2 Å². The molecule has 1 aromatic rings. The Morgan fingerprint density at radius 2 is 1.84 bits per heavy atom. The van der Waals surface area contributed by atoms with E-state index in [1.54, 1.807) is 12.1 Å². The summed E-state index contributed by atoms with van der Waals surface area (Å²) in [7, 11) is -2.04. The van der Waals surface area contributed by atoms with E-state index in [-0.39, 0.29) is 23.8 Å². The van der Waals surface area contributed by atoms with Crippen LogP contribution in [-0.4, -0.2) is 34.5 Å². The number of sulfonamides is 1. The van der Waals surface area contributed by atoms with Crippen LogP contribution in [0, 0.1) is 0 Å². The molecule has 6 nitrogen and oxygen atoms in total. The van der Waals surface area contributed by atoms with Gasteiger partial charge in [-0.05, 0) is 31.2 Å². The summed E-state index contributed by atoms with van der Waals surface area (Å²) in [5.41, 5.74) is 0.867. The van der Waals surface area contributed by atoms with E-state index in [0.29, 0.717) is 0 Å². The van der Waals surface area contributed by atoms with Crippen molar-refractivity contribution in [2.24, 2.45) is 0 Å². The molecule has 19 heavy (non-hydrogen) atoms. The highest BCUT2D eigenvalue weighted by molar-refractivity contribution is 7.89. The minimum Gasteiger partial charge on any atom is -0.385 e. The zero-order valence-electron chi connectivity index (χ0n) is 11.1. The van der Waals surface area contributed by atoms with Crippen LogP contribution in [0.2, 0.25) is 0 Å². The summed E-state index contributed by atoms with van der Waals surface area (Å²) in [5, 5.41) is 5.51. The summed E-state index contributed by atoms with van der Waals surface area (Å²) in [6.45, 7) is 2.82. The number of hydrogen-bond donors (Lipinski definition) is 3. The molecule has 0 unspecified atom stereocenters. The molecule has 7 heteroatoms. The van der Waals surface area contributed by atoms with Gasteiger partial charge in [-0.2, -0.15) is 0 Å². The van der Waals surface area contributed by atoms with Crippen molar-refractivity contribution >= 4 is 21.6 Å². The first-order chi connectivity index (χ1) is 8.99. The molecule has 0 aliphatic rings. The second-order valence-corrected chi connectivity index (χ2v) is 5.64. The molecule has 0 radical (unpaired) electrons. The Kier molecular flexibility index (Phi) is 5.78. The SMILES string of the molecule is CCNc1ccc(S(=O)(=O)NCCC(=O)NC)cc1. The Morgan fingerprint density at radius 3 is 2.37 bits per heavy atom. The number of carbonyl (C=O) groups excluding carboxylic acids is 1. The lowest BCUT2D eigenvalue weighted by Crippen LogP contribution is -2.29. The number of anilines is 1. The van der Waals surface area contributed by atoms with Crippen molar-refractivity contribution in [2.45, 2.75) is 18.2 Å². The van der Waals surface area contributed by atoms with Crippen molar-refractivity contribution in [1.29, 1.82) is 0 Å². The van der Waals surface area contributed by atoms with Crippen LogP contribution in [-0.2, 0) is 14.8 Å². The molecule has 0 spiro atoms. The second kappa shape index (κ2) is 7.10. The van der Waals surface area contributed by atoms with E-state index >= 15 is 0 Å². The number of carbonyl (C=O) groups is 1. The summed E-state index contributed by atoms with van der Waals surface area (Å²) in [6, 6.07) is 6.47. The zero-order chi connectivity index (χ0) is 14.3. The summed E-state index contributed by atoms with van der Waals surface area (Å²) < 4.78 is 26.2. The quantitative estimate of drug-likeness (QED) is 0.682. The third-order valence-electron chi connectivity index (χ3n) is 2.47. The van der Waals surface area contributed by atoms with Crippen molar-refractivity contribution in [2.75, 3.05) is 25.5 Å². The Hall–Kier alpha value is -1.60. The lowest BCUT2D eigenvalue weighted by atomic mass is 10.3. The van der Waals surface area contributed by atoms with Crippen LogP contribution < -0.4 is 15.4 Å². The molecule has 0 saturated carbocycles. The normalized spacial score (nSPS) is 11.1. The lowest BCUT2D eigenvalue weighted by molar-refractivity contribution is -0.120. The number of rotatable bonds is 7. The van der Waals surface area contributed by atoms with Crippen LogP contribution in [0.1, 0.15) is 13.3 Å². The highest BCUT2D eigenvalue weighted by Gasteiger charge is 2.13. The molecule has 1 rings (SSSR count). The number of benzene rings is 1. The van der Waals surface area contributed by atoms with E-state index in [9.17, 15) is 13.2 Å². The first kappa shape index (κ1) is 15.5. The van der Waals surface area contributed by atoms with Gasteiger partial charge < -0.3 is 10.6 Å². The van der Waals surface area contributed by atoms with Crippen LogP contribution in [0.4, 0.5) is 5.69 Å². The maximum absolute atomic E-state index is 11.9. The van der Waals surface area contributed by atoms with E-state index in [4.69, 9.17) is 0 Å². The molecule has 0 saturated heterocycles. The lowest BCUT2D eigenvalue weighted by Gasteiger charge is -2.08. The van der Waals surface area contributed by atoms with Crippen molar-refractivity contribution in [1.82, 2.24) is 10.0 Å². The molecule has 1 amide bonds. The van der Waals surface area contributed by atoms with E-state index in [0.717, 1.165) is 12.2 Å². The van der Waals surface area contributed by atoms with Gasteiger partial charge in [-0.25, -0.2) is 13.1 Å². The van der Waals surface area contributed by atoms with Crippen LogP contribution in [0.15, 0.2) is 29.2 Å². The molecule has 3 N–H and O–H groups in total. The number of hydrogen-bond acceptors (Lipinski definition) is 4. The molecule has 0 atom stereocenters. The van der Waals surface area contributed by atoms with E-state index in [1.807, 2.05) is 6.92 Å². The van der Waals surface area contributed by atoms with Gasteiger partial charge in [0.05, 0.1) is 4.90 Å². The molecule has 106 valence electrons. The summed E-state index contributed by atoms with van der Waals surface area (Å²) >= 11 is 0. The molecule has 0 bridgehead atoms. The van der Waals surface area contributed by atoms with Gasteiger partial charge in [0.2, 0.25) is 15.9 Å². The van der Waals surface area contributed by atoms with Crippen LogP contribution in [0.3, 0.4) is 0 Å². The topological polar surface area (TPSA) is 87.3 Å². The largest absolute Gasteiger partial charge is 0.385 e. The van der Waals surface area contributed by atoms with E-state index < -0.39 is 10.0 Å². The fraction of sp³-hybridized carbons (Fsp3) is 0.417. The standard InChI is InChI=1S/C12H19N3O3S/c1-3-14-10-4-6-11(7-5-10)19(17,18)15-9-8-12(16)13-2/h4-7,14-15H,3,8-9H2,1-2H3,(H,13,16). The van der Waals surface area contributed by atoms with Gasteiger partial charge in [0.15, 0.2) is 0 Å². The van der Waals surface area contributed by atoms with Gasteiger partial charge in [-0.15, -0.1) is 0 Å². The van der Waals surface area contributed by atoms with Crippen molar-refractivity contribution in [3.05, 3.63) is 24.3 Å². The summed E-state index contributed by atoms with van der Waals surface area (Å²) in [4.78, 5) is 11.2. The van der Waals surface area contributed by atoms with E-state index in [1.165, 1.54) is 19.2 Å². The van der Waals surface area contributed by atoms with Gasteiger partial charge in [-0.1, -0.05) is 0 Å². The van der Waals surface area contributed by atoms with Crippen LogP contribution in [0.25, 0.3) is 0 Å². The molecule has 0 heterocycles. The Balaban J connectivity index is 2.64. The predicted octanol–water partition coefficient (Wildman–Crippen LogP) is 0.533. The molecule has 0 aromatic heterocycles. The number of amides is 1. The molecule has 0 aliphatic heterocycles. The van der Waals surface area contributed by atoms with Crippen LogP contribution >= 0.6 is 0 Å². The third kappa shape index (κ3) is 4.88. The smallest absolute Gasteiger partial charge is 0.240 e. The second-order valence-electron chi connectivity index (χ2n) is 3.88. The van der Waals surface area contributed by atoms with Crippen molar-refractivity contribution in [3.8, 4) is 0 Å². The highest BCUT2D eigenvalue weighted by Crippen LogP contribution is 2.13. The first-order valence-electron chi connectivity index (χ1n) is 6.03. The first-order valence-corrected chi connectivity index (χ1v) is 7.52. The summed E-state index contributed by atoms with van der Waals surface area (Å²) in [6.07, 6.45) is 0.116. The maximum Gasteiger partial charge on any atom is 0.240 e. The number of nitrogens with one attached hydrogen (secondary N) is 3. The minimum atomic E-state index is -3.55. The molecular weight excluding hydrogens is 266 g/mol. The Morgan fingerprint density at radius 1 is 1.21 bits per heavy atom. The fourth-order valence-corrected chi connectivity index (χ4v) is 2.50. The average molecular weight is 285 g/mol. The van der Waals surface area contributed by atoms with Gasteiger partial charge in [0.1, 0.15) is 0 Å². The molecule has 0 aliphatic carbocycles. The monoisotopic (exact) mass is 285 g/mol. The Labute approximate surface area is 113 Å². The highest BCUT2D eigenvalue weighted by atomic mass is 32.2. The van der Waals surface area contributed by atoms with Gasteiger partial charge in [0.25, 0.3) is 0 Å². The fourth-order valence-electron chi connectivity index (χ4n) is 1.46. The van der Waals surface area contributed by atoms with Crippen LogP contribution in [0.5, 0.6) is 0 Å². The third-order valence-corrected chi connectivity index (χ3v) is 3.95. The van der Waals surface area contributed by atoms with Gasteiger partial charge >= 0.3 is 0 Å². The maximum atomic E-state index is 11.9. The Bertz CT molecular complexity index is 512. The van der Waals surface area contributed by atoms with E-state index in [2.05, 4.69) is 15.4 Å². The summed E-state index contributed by atoms with van der Waals surface area (Å²) in [5.74, 6) is -0.204. The molecule has 0 fully saturated rings. The van der Waals surface area contributed by atoms with Gasteiger partial charge in [0, 0.05) is 32.2 Å². The predicted molar refractivity (Wildman–Crippen MR) is 74.5 cm³/mol. The molecular formula is C12H19N3O3S. The average Bonchev–Trinajstić information content (AvgIpc) is 2.39. The minimum absolute atomic E-state index is 0.0803. The zero-order valence-corrected chi connectivity index (χ0v) is 11.9. The van der Waals surface area contributed by atoms with Gasteiger partial charge in [-0.3, -0.25) is 4.79 Å².